The number of hydrogen-bond acceptors (Lipinski definition) is 3. The summed E-state index contributed by atoms with van der Waals surface area (Å²) in [5.74, 6) is -0.487. The molecule has 3 rings (SSSR count). The number of rotatable bonds is 1. The summed E-state index contributed by atoms with van der Waals surface area (Å²) in [6.07, 6.45) is 0.929. The molecule has 0 aliphatic carbocycles. The number of para-hydroxylation sites is 1. The van der Waals surface area contributed by atoms with Gasteiger partial charge in [-0.05, 0) is 18.6 Å². The molecule has 1 aromatic heterocycles. The molecular formula is C14H14FN3O2. The lowest BCUT2D eigenvalue weighted by Crippen LogP contribution is -2.31. The summed E-state index contributed by atoms with van der Waals surface area (Å²) in [5.41, 5.74) is 0.566. The zero-order valence-corrected chi connectivity index (χ0v) is 11.3. The molecule has 1 aromatic carbocycles. The molecule has 1 amide bonds. The lowest BCUT2D eigenvalue weighted by Gasteiger charge is -2.19. The highest BCUT2D eigenvalue weighted by Crippen LogP contribution is 2.29. The van der Waals surface area contributed by atoms with Crippen molar-refractivity contribution in [3.63, 3.8) is 0 Å². The van der Waals surface area contributed by atoms with Crippen molar-refractivity contribution in [2.75, 3.05) is 7.05 Å². The van der Waals surface area contributed by atoms with Crippen LogP contribution >= 0.6 is 0 Å². The highest BCUT2D eigenvalue weighted by Gasteiger charge is 2.32. The van der Waals surface area contributed by atoms with Crippen LogP contribution in [0.15, 0.2) is 23.0 Å². The van der Waals surface area contributed by atoms with Crippen molar-refractivity contribution in [3.05, 3.63) is 40.1 Å². The van der Waals surface area contributed by atoms with E-state index >= 15 is 0 Å². The van der Waals surface area contributed by atoms with Gasteiger partial charge in [0.1, 0.15) is 11.2 Å². The van der Waals surface area contributed by atoms with Gasteiger partial charge < -0.3 is 9.47 Å². The lowest BCUT2D eigenvalue weighted by molar-refractivity contribution is -0.127. The normalized spacial score (nSPS) is 19.1. The van der Waals surface area contributed by atoms with E-state index in [2.05, 4.69) is 4.98 Å². The quantitative estimate of drug-likeness (QED) is 0.789. The largest absolute Gasteiger partial charge is 0.337 e. The molecule has 1 saturated heterocycles. The fourth-order valence-electron chi connectivity index (χ4n) is 2.68. The van der Waals surface area contributed by atoms with E-state index < -0.39 is 5.82 Å². The maximum atomic E-state index is 13.9. The Morgan fingerprint density at radius 2 is 2.05 bits per heavy atom. The first-order chi connectivity index (χ1) is 9.50. The summed E-state index contributed by atoms with van der Waals surface area (Å²) in [6, 6.07) is 4.14. The Bertz CT molecular complexity index is 769. The Hall–Kier alpha value is -2.24. The zero-order chi connectivity index (χ0) is 14.4. The van der Waals surface area contributed by atoms with Gasteiger partial charge in [-0.3, -0.25) is 9.59 Å². The van der Waals surface area contributed by atoms with Crippen molar-refractivity contribution in [2.45, 2.75) is 18.9 Å². The molecule has 104 valence electrons. The van der Waals surface area contributed by atoms with E-state index in [-0.39, 0.29) is 28.7 Å². The SMILES string of the molecule is CN1C(=O)CCC1c1nc2c(F)cccc2n(C)c1=O. The van der Waals surface area contributed by atoms with E-state index in [1.807, 2.05) is 0 Å². The minimum atomic E-state index is -0.466. The summed E-state index contributed by atoms with van der Waals surface area (Å²) in [4.78, 5) is 29.7. The second-order valence-corrected chi connectivity index (χ2v) is 5.03. The van der Waals surface area contributed by atoms with E-state index in [1.165, 1.54) is 15.5 Å². The van der Waals surface area contributed by atoms with Crippen LogP contribution in [0.2, 0.25) is 0 Å². The third-order valence-electron chi connectivity index (χ3n) is 3.89. The fraction of sp³-hybridized carbons (Fsp3) is 0.357. The van der Waals surface area contributed by atoms with Crippen molar-refractivity contribution in [1.82, 2.24) is 14.5 Å². The van der Waals surface area contributed by atoms with Gasteiger partial charge in [0.05, 0.1) is 11.6 Å². The van der Waals surface area contributed by atoms with E-state index in [0.29, 0.717) is 18.4 Å². The molecule has 1 atom stereocenters. The van der Waals surface area contributed by atoms with Crippen LogP contribution in [0.25, 0.3) is 11.0 Å². The molecule has 6 heteroatoms. The highest BCUT2D eigenvalue weighted by molar-refractivity contribution is 5.79. The van der Waals surface area contributed by atoms with Crippen LogP contribution in [-0.2, 0) is 11.8 Å². The standard InChI is InChI=1S/C14H14FN3O2/c1-17-10(6-7-11(17)19)13-14(20)18(2)9-5-3-4-8(15)12(9)16-13/h3-5,10H,6-7H2,1-2H3. The number of hydrogen-bond donors (Lipinski definition) is 0. The van der Waals surface area contributed by atoms with Gasteiger partial charge in [-0.25, -0.2) is 9.37 Å². The number of carbonyl (C=O) groups is 1. The van der Waals surface area contributed by atoms with Crippen LogP contribution in [0.1, 0.15) is 24.6 Å². The second kappa shape index (κ2) is 4.40. The first-order valence-electron chi connectivity index (χ1n) is 6.41. The third kappa shape index (κ3) is 1.71. The first kappa shape index (κ1) is 12.8. The van der Waals surface area contributed by atoms with Crippen molar-refractivity contribution < 1.29 is 9.18 Å². The van der Waals surface area contributed by atoms with Gasteiger partial charge in [0, 0.05) is 20.5 Å². The van der Waals surface area contributed by atoms with Gasteiger partial charge in [-0.1, -0.05) is 6.07 Å². The van der Waals surface area contributed by atoms with E-state index in [9.17, 15) is 14.0 Å². The Labute approximate surface area is 114 Å². The van der Waals surface area contributed by atoms with E-state index in [4.69, 9.17) is 0 Å². The topological polar surface area (TPSA) is 55.2 Å². The van der Waals surface area contributed by atoms with Crippen LogP contribution in [0.5, 0.6) is 0 Å². The lowest BCUT2D eigenvalue weighted by atomic mass is 10.1. The van der Waals surface area contributed by atoms with Gasteiger partial charge in [0.15, 0.2) is 5.82 Å². The Morgan fingerprint density at radius 3 is 2.70 bits per heavy atom. The van der Waals surface area contributed by atoms with Gasteiger partial charge in [-0.15, -0.1) is 0 Å². The number of aromatic nitrogens is 2. The van der Waals surface area contributed by atoms with Crippen molar-refractivity contribution in [1.29, 1.82) is 0 Å². The van der Waals surface area contributed by atoms with E-state index in [0.717, 1.165) is 0 Å². The Balaban J connectivity index is 2.27. The molecule has 0 spiro atoms. The molecule has 0 bridgehead atoms. The van der Waals surface area contributed by atoms with Crippen LogP contribution < -0.4 is 5.56 Å². The predicted molar refractivity (Wildman–Crippen MR) is 71.7 cm³/mol. The molecule has 0 radical (unpaired) electrons. The maximum absolute atomic E-state index is 13.9. The summed E-state index contributed by atoms with van der Waals surface area (Å²) in [5, 5.41) is 0. The minimum absolute atomic E-state index is 0.0208. The van der Waals surface area contributed by atoms with Gasteiger partial charge in [-0.2, -0.15) is 0 Å². The minimum Gasteiger partial charge on any atom is -0.337 e. The molecule has 0 saturated carbocycles. The van der Waals surface area contributed by atoms with Gasteiger partial charge in [0.25, 0.3) is 5.56 Å². The predicted octanol–water partition coefficient (Wildman–Crippen LogP) is 1.37. The molecule has 1 unspecified atom stereocenters. The summed E-state index contributed by atoms with van der Waals surface area (Å²) >= 11 is 0. The number of benzene rings is 1. The zero-order valence-electron chi connectivity index (χ0n) is 11.3. The summed E-state index contributed by atoms with van der Waals surface area (Å²) < 4.78 is 15.3. The molecule has 20 heavy (non-hydrogen) atoms. The molecule has 2 heterocycles. The summed E-state index contributed by atoms with van der Waals surface area (Å²) in [7, 11) is 3.23. The molecular weight excluding hydrogens is 261 g/mol. The number of carbonyl (C=O) groups excluding carboxylic acids is 1. The number of amides is 1. The molecule has 1 fully saturated rings. The van der Waals surface area contributed by atoms with Crippen LogP contribution in [0.3, 0.4) is 0 Å². The average Bonchev–Trinajstić information content (AvgIpc) is 2.75. The van der Waals surface area contributed by atoms with Crippen molar-refractivity contribution in [3.8, 4) is 0 Å². The second-order valence-electron chi connectivity index (χ2n) is 5.03. The smallest absolute Gasteiger partial charge is 0.274 e. The fourth-order valence-corrected chi connectivity index (χ4v) is 2.68. The van der Waals surface area contributed by atoms with Crippen molar-refractivity contribution in [2.24, 2.45) is 7.05 Å². The first-order valence-corrected chi connectivity index (χ1v) is 6.41. The number of likely N-dealkylation sites (tertiary alicyclic amines) is 1. The van der Waals surface area contributed by atoms with Crippen LogP contribution in [0, 0.1) is 5.82 Å². The number of nitrogens with zero attached hydrogens (tertiary/aromatic N) is 3. The van der Waals surface area contributed by atoms with Crippen molar-refractivity contribution >= 4 is 16.9 Å². The molecule has 5 nitrogen and oxygen atoms in total. The average molecular weight is 275 g/mol. The van der Waals surface area contributed by atoms with E-state index in [1.54, 1.807) is 26.2 Å². The highest BCUT2D eigenvalue weighted by atomic mass is 19.1. The molecule has 2 aromatic rings. The number of halogens is 1. The molecule has 0 N–H and O–H groups in total. The Kier molecular flexibility index (Phi) is 2.81. The molecule has 1 aliphatic heterocycles. The molecule has 1 aliphatic rings. The monoisotopic (exact) mass is 275 g/mol. The van der Waals surface area contributed by atoms with Gasteiger partial charge >= 0.3 is 0 Å². The third-order valence-corrected chi connectivity index (χ3v) is 3.89. The number of fused-ring (bicyclic) bond motifs is 1. The number of aryl methyl sites for hydroxylation is 1. The Morgan fingerprint density at radius 1 is 1.30 bits per heavy atom. The van der Waals surface area contributed by atoms with Crippen LogP contribution in [-0.4, -0.2) is 27.4 Å². The van der Waals surface area contributed by atoms with Gasteiger partial charge in [0.2, 0.25) is 5.91 Å². The maximum Gasteiger partial charge on any atom is 0.274 e. The van der Waals surface area contributed by atoms with Crippen LogP contribution in [0.4, 0.5) is 4.39 Å². The summed E-state index contributed by atoms with van der Waals surface area (Å²) in [6.45, 7) is 0.